The largest absolute Gasteiger partial charge is 0.369 e. The third kappa shape index (κ3) is 1.14. The van der Waals surface area contributed by atoms with Crippen molar-refractivity contribution < 1.29 is 5.11 Å². The second-order valence-electron chi connectivity index (χ2n) is 1.49. The second kappa shape index (κ2) is 2.41. The van der Waals surface area contributed by atoms with Crippen LogP contribution in [0, 0.1) is 6.33 Å². The van der Waals surface area contributed by atoms with Crippen molar-refractivity contribution in [3.05, 3.63) is 25.3 Å². The third-order valence-corrected chi connectivity index (χ3v) is 0.890. The van der Waals surface area contributed by atoms with Gasteiger partial charge in [0.15, 0.2) is 6.23 Å². The molecule has 0 aliphatic carbocycles. The van der Waals surface area contributed by atoms with Crippen LogP contribution in [-0.2, 0) is 0 Å². The van der Waals surface area contributed by atoms with Crippen molar-refractivity contribution in [2.45, 2.75) is 6.23 Å². The molecular weight excluding hydrogens is 118 g/mol. The highest BCUT2D eigenvalue weighted by atomic mass is 16.3. The number of nitrogens with zero attached hydrogens (tertiary/aromatic N) is 3. The summed E-state index contributed by atoms with van der Waals surface area (Å²) in [6.07, 6.45) is 4.39. The maximum Gasteiger partial charge on any atom is 0.204 e. The zero-order valence-corrected chi connectivity index (χ0v) is 4.73. The Morgan fingerprint density at radius 2 is 2.67 bits per heavy atom. The average Bonchev–Trinajstić information content (AvgIpc) is 2.37. The van der Waals surface area contributed by atoms with Gasteiger partial charge in [-0.05, 0) is 6.08 Å². The van der Waals surface area contributed by atoms with Crippen LogP contribution in [0.3, 0.4) is 0 Å². The van der Waals surface area contributed by atoms with E-state index in [-0.39, 0.29) is 0 Å². The van der Waals surface area contributed by atoms with E-state index in [1.54, 1.807) is 0 Å². The molecular formula is C5H6N3O. The summed E-state index contributed by atoms with van der Waals surface area (Å²) in [5, 5.41) is 15.8. The molecule has 1 N–H and O–H groups in total. The fourth-order valence-corrected chi connectivity index (χ4v) is 0.426. The highest BCUT2D eigenvalue weighted by molar-refractivity contribution is 4.77. The van der Waals surface area contributed by atoms with Gasteiger partial charge >= 0.3 is 0 Å². The SMILES string of the molecule is C=CC(O)n1[c]nnc1. The number of rotatable bonds is 2. The molecule has 0 aliphatic heterocycles. The van der Waals surface area contributed by atoms with Gasteiger partial charge in [-0.25, -0.2) is 0 Å². The first-order chi connectivity index (χ1) is 4.34. The molecule has 0 fully saturated rings. The van der Waals surface area contributed by atoms with E-state index in [4.69, 9.17) is 5.11 Å². The van der Waals surface area contributed by atoms with Crippen molar-refractivity contribution in [3.8, 4) is 0 Å². The summed E-state index contributed by atoms with van der Waals surface area (Å²) in [6, 6.07) is 0. The van der Waals surface area contributed by atoms with E-state index in [0.717, 1.165) is 0 Å². The molecule has 1 radical (unpaired) electrons. The van der Waals surface area contributed by atoms with Crippen LogP contribution in [0.5, 0.6) is 0 Å². The molecule has 0 amide bonds. The van der Waals surface area contributed by atoms with Crippen LogP contribution in [0.15, 0.2) is 19.0 Å². The summed E-state index contributed by atoms with van der Waals surface area (Å²) in [5.41, 5.74) is 0. The Bertz CT molecular complexity index is 182. The molecule has 1 aromatic rings. The van der Waals surface area contributed by atoms with Gasteiger partial charge in [0.2, 0.25) is 6.33 Å². The molecule has 0 saturated heterocycles. The van der Waals surface area contributed by atoms with E-state index in [1.165, 1.54) is 17.0 Å². The van der Waals surface area contributed by atoms with Gasteiger partial charge in [-0.15, -0.1) is 10.2 Å². The minimum Gasteiger partial charge on any atom is -0.369 e. The Morgan fingerprint density at radius 1 is 1.89 bits per heavy atom. The summed E-state index contributed by atoms with van der Waals surface area (Å²) < 4.78 is 1.31. The second-order valence-corrected chi connectivity index (χ2v) is 1.49. The Balaban J connectivity index is 2.76. The summed E-state index contributed by atoms with van der Waals surface area (Å²) in [4.78, 5) is 0. The van der Waals surface area contributed by atoms with Crippen LogP contribution in [0.1, 0.15) is 6.23 Å². The minimum absolute atomic E-state index is 0.764. The molecule has 0 aliphatic rings. The molecule has 0 bridgehead atoms. The number of aliphatic hydroxyl groups is 1. The predicted molar refractivity (Wildman–Crippen MR) is 30.3 cm³/mol. The maximum absolute atomic E-state index is 8.95. The minimum atomic E-state index is -0.764. The molecule has 1 unspecified atom stereocenters. The van der Waals surface area contributed by atoms with Crippen LogP contribution in [0.25, 0.3) is 0 Å². The number of aliphatic hydroxyl groups excluding tert-OH is 1. The Labute approximate surface area is 52.5 Å². The van der Waals surface area contributed by atoms with E-state index in [1.807, 2.05) is 0 Å². The zero-order valence-electron chi connectivity index (χ0n) is 4.73. The standard InChI is InChI=1S/C5H6N3O/c1-2-5(9)8-3-6-7-4-8/h2-3,5,9H,1H2. The highest BCUT2D eigenvalue weighted by Crippen LogP contribution is 1.97. The van der Waals surface area contributed by atoms with Crippen molar-refractivity contribution >= 4 is 0 Å². The monoisotopic (exact) mass is 124 g/mol. The Morgan fingerprint density at radius 3 is 3.11 bits per heavy atom. The highest BCUT2D eigenvalue weighted by Gasteiger charge is 1.97. The lowest BCUT2D eigenvalue weighted by Crippen LogP contribution is -2.01. The van der Waals surface area contributed by atoms with Crippen molar-refractivity contribution in [2.24, 2.45) is 0 Å². The quantitative estimate of drug-likeness (QED) is 0.553. The molecule has 0 aromatic carbocycles. The van der Waals surface area contributed by atoms with Gasteiger partial charge in [0, 0.05) is 0 Å². The summed E-state index contributed by atoms with van der Waals surface area (Å²) in [7, 11) is 0. The number of hydrogen-bond donors (Lipinski definition) is 1. The van der Waals surface area contributed by atoms with Crippen LogP contribution < -0.4 is 0 Å². The number of hydrogen-bond acceptors (Lipinski definition) is 3. The Hall–Kier alpha value is -1.16. The summed E-state index contributed by atoms with van der Waals surface area (Å²) >= 11 is 0. The topological polar surface area (TPSA) is 50.9 Å². The molecule has 4 nitrogen and oxygen atoms in total. The smallest absolute Gasteiger partial charge is 0.204 e. The Kier molecular flexibility index (Phi) is 1.60. The van der Waals surface area contributed by atoms with E-state index in [0.29, 0.717) is 0 Å². The first-order valence-electron chi connectivity index (χ1n) is 2.42. The lowest BCUT2D eigenvalue weighted by atomic mass is 10.5. The molecule has 0 spiro atoms. The molecule has 47 valence electrons. The lowest BCUT2D eigenvalue weighted by Gasteiger charge is -2.01. The fraction of sp³-hybridized carbons (Fsp3) is 0.200. The molecule has 1 aromatic heterocycles. The summed E-state index contributed by atoms with van der Waals surface area (Å²) in [5.74, 6) is 0. The van der Waals surface area contributed by atoms with Gasteiger partial charge < -0.3 is 5.11 Å². The van der Waals surface area contributed by atoms with Crippen LogP contribution in [-0.4, -0.2) is 19.9 Å². The molecule has 4 heteroatoms. The van der Waals surface area contributed by atoms with E-state index < -0.39 is 6.23 Å². The van der Waals surface area contributed by atoms with Gasteiger partial charge in [-0.3, -0.25) is 4.57 Å². The lowest BCUT2D eigenvalue weighted by molar-refractivity contribution is 0.153. The number of aromatic nitrogens is 3. The van der Waals surface area contributed by atoms with Gasteiger partial charge in [-0.1, -0.05) is 6.58 Å². The maximum atomic E-state index is 8.95. The van der Waals surface area contributed by atoms with Crippen molar-refractivity contribution in [2.75, 3.05) is 0 Å². The molecule has 9 heavy (non-hydrogen) atoms. The van der Waals surface area contributed by atoms with E-state index in [9.17, 15) is 0 Å². The molecule has 1 rings (SSSR count). The van der Waals surface area contributed by atoms with Crippen molar-refractivity contribution in [1.82, 2.24) is 14.8 Å². The van der Waals surface area contributed by atoms with Gasteiger partial charge in [-0.2, -0.15) is 0 Å². The van der Waals surface area contributed by atoms with Crippen LogP contribution >= 0.6 is 0 Å². The molecule has 0 saturated carbocycles. The van der Waals surface area contributed by atoms with E-state index in [2.05, 4.69) is 23.1 Å². The first kappa shape index (κ1) is 5.97. The van der Waals surface area contributed by atoms with E-state index >= 15 is 0 Å². The van der Waals surface area contributed by atoms with Crippen molar-refractivity contribution in [3.63, 3.8) is 0 Å². The van der Waals surface area contributed by atoms with Gasteiger partial charge in [0.25, 0.3) is 0 Å². The van der Waals surface area contributed by atoms with Crippen molar-refractivity contribution in [1.29, 1.82) is 0 Å². The van der Waals surface area contributed by atoms with Gasteiger partial charge in [0.05, 0.1) is 0 Å². The normalized spacial score (nSPS) is 13.0. The van der Waals surface area contributed by atoms with Crippen LogP contribution in [0.4, 0.5) is 0 Å². The summed E-state index contributed by atoms with van der Waals surface area (Å²) in [6.45, 7) is 3.37. The fourth-order valence-electron chi connectivity index (χ4n) is 0.426. The molecule has 1 heterocycles. The van der Waals surface area contributed by atoms with Gasteiger partial charge in [0.1, 0.15) is 6.33 Å². The molecule has 1 atom stereocenters. The third-order valence-electron chi connectivity index (χ3n) is 0.890. The average molecular weight is 124 g/mol. The van der Waals surface area contributed by atoms with Crippen LogP contribution in [0.2, 0.25) is 0 Å². The first-order valence-corrected chi connectivity index (χ1v) is 2.42. The predicted octanol–water partition coefficient (Wildman–Crippen LogP) is -0.245. The zero-order chi connectivity index (χ0) is 6.69.